The van der Waals surface area contributed by atoms with Crippen molar-refractivity contribution in [2.24, 2.45) is 12.8 Å². The Hall–Kier alpha value is -1.44. The molecule has 0 fully saturated rings. The van der Waals surface area contributed by atoms with E-state index in [1.54, 1.807) is 19.2 Å². The predicted molar refractivity (Wildman–Crippen MR) is 77.2 cm³/mol. The van der Waals surface area contributed by atoms with Crippen LogP contribution in [0.4, 0.5) is 0 Å². The van der Waals surface area contributed by atoms with Crippen LogP contribution in [0.5, 0.6) is 0 Å². The van der Waals surface area contributed by atoms with Gasteiger partial charge in [0.15, 0.2) is 9.84 Å². The highest BCUT2D eigenvalue weighted by atomic mass is 32.2. The number of methoxy groups -OCH3 is 1. The third kappa shape index (κ3) is 2.70. The number of fused-ring (bicyclic) bond motifs is 1. The van der Waals surface area contributed by atoms with E-state index in [9.17, 15) is 8.42 Å². The summed E-state index contributed by atoms with van der Waals surface area (Å²) in [7, 11) is 0.134. The minimum Gasteiger partial charge on any atom is -0.385 e. The van der Waals surface area contributed by atoms with E-state index in [0.717, 1.165) is 5.52 Å². The molecule has 0 saturated heterocycles. The highest BCUT2D eigenvalue weighted by Gasteiger charge is 2.20. The summed E-state index contributed by atoms with van der Waals surface area (Å²) in [6.45, 7) is 0.531. The molecule has 0 bridgehead atoms. The first-order chi connectivity index (χ1) is 9.36. The molecule has 1 heterocycles. The Bertz CT molecular complexity index is 722. The summed E-state index contributed by atoms with van der Waals surface area (Å²) in [5.74, 6) is 0.660. The van der Waals surface area contributed by atoms with Crippen LogP contribution in [0.25, 0.3) is 11.0 Å². The van der Waals surface area contributed by atoms with Crippen LogP contribution in [0.2, 0.25) is 0 Å². The van der Waals surface area contributed by atoms with E-state index in [1.165, 1.54) is 6.26 Å². The molecule has 0 amide bonds. The van der Waals surface area contributed by atoms with Crippen molar-refractivity contribution in [3.63, 3.8) is 0 Å². The van der Waals surface area contributed by atoms with Crippen LogP contribution < -0.4 is 5.73 Å². The molecule has 0 radical (unpaired) electrons. The Morgan fingerprint density at radius 1 is 1.45 bits per heavy atom. The van der Waals surface area contributed by atoms with Crippen LogP contribution in [0, 0.1) is 0 Å². The average molecular weight is 297 g/mol. The van der Waals surface area contributed by atoms with E-state index in [4.69, 9.17) is 10.5 Å². The summed E-state index contributed by atoms with van der Waals surface area (Å²) in [5.41, 5.74) is 7.32. The Morgan fingerprint density at radius 3 is 2.75 bits per heavy atom. The van der Waals surface area contributed by atoms with Gasteiger partial charge >= 0.3 is 0 Å². The standard InChI is InChI=1S/C13H19N3O3S/c1-16-10-5-4-6-11(20(3,17)18)12(10)15-13(16)9(14)7-8-19-2/h4-6,9H,7-8,14H2,1-3H3. The Balaban J connectivity index is 2.58. The van der Waals surface area contributed by atoms with Crippen LogP contribution in [0.15, 0.2) is 23.1 Å². The van der Waals surface area contributed by atoms with Gasteiger partial charge in [0.1, 0.15) is 11.3 Å². The first kappa shape index (κ1) is 15.0. The molecule has 0 aliphatic carbocycles. The van der Waals surface area contributed by atoms with Crippen molar-refractivity contribution in [1.29, 1.82) is 0 Å². The smallest absolute Gasteiger partial charge is 0.177 e. The lowest BCUT2D eigenvalue weighted by Crippen LogP contribution is -2.17. The van der Waals surface area contributed by atoms with Crippen molar-refractivity contribution in [1.82, 2.24) is 9.55 Å². The lowest BCUT2D eigenvalue weighted by atomic mass is 10.2. The van der Waals surface area contributed by atoms with Gasteiger partial charge < -0.3 is 15.0 Å². The molecule has 0 aliphatic rings. The monoisotopic (exact) mass is 297 g/mol. The van der Waals surface area contributed by atoms with Crippen LogP contribution in [0.1, 0.15) is 18.3 Å². The molecule has 2 rings (SSSR count). The molecule has 1 atom stereocenters. The number of benzene rings is 1. The fourth-order valence-electron chi connectivity index (χ4n) is 2.21. The molecule has 1 unspecified atom stereocenters. The summed E-state index contributed by atoms with van der Waals surface area (Å²) in [6, 6.07) is 4.82. The number of nitrogens with zero attached hydrogens (tertiary/aromatic N) is 2. The molecule has 6 nitrogen and oxygen atoms in total. The first-order valence-electron chi connectivity index (χ1n) is 6.26. The number of rotatable bonds is 5. The van der Waals surface area contributed by atoms with Gasteiger partial charge in [-0.05, 0) is 18.6 Å². The second-order valence-corrected chi connectivity index (χ2v) is 6.80. The van der Waals surface area contributed by atoms with Gasteiger partial charge in [0.25, 0.3) is 0 Å². The van der Waals surface area contributed by atoms with Gasteiger partial charge in [-0.3, -0.25) is 0 Å². The number of nitrogens with two attached hydrogens (primary N) is 1. The van der Waals surface area contributed by atoms with Gasteiger partial charge in [0, 0.05) is 27.0 Å². The van der Waals surface area contributed by atoms with Crippen molar-refractivity contribution in [2.45, 2.75) is 17.4 Å². The van der Waals surface area contributed by atoms with E-state index in [1.807, 2.05) is 17.7 Å². The summed E-state index contributed by atoms with van der Waals surface area (Å²) in [4.78, 5) is 4.67. The number of ether oxygens (including phenoxy) is 1. The number of sulfone groups is 1. The Morgan fingerprint density at radius 2 is 2.15 bits per heavy atom. The first-order valence-corrected chi connectivity index (χ1v) is 8.15. The van der Waals surface area contributed by atoms with E-state index in [2.05, 4.69) is 4.98 Å². The van der Waals surface area contributed by atoms with Gasteiger partial charge in [0.2, 0.25) is 0 Å². The highest BCUT2D eigenvalue weighted by Crippen LogP contribution is 2.25. The zero-order chi connectivity index (χ0) is 14.9. The molecular formula is C13H19N3O3S. The zero-order valence-electron chi connectivity index (χ0n) is 11.8. The number of aryl methyl sites for hydroxylation is 1. The van der Waals surface area contributed by atoms with Gasteiger partial charge in [-0.2, -0.15) is 0 Å². The van der Waals surface area contributed by atoms with Crippen LogP contribution in [0.3, 0.4) is 0 Å². The molecular weight excluding hydrogens is 278 g/mol. The van der Waals surface area contributed by atoms with Crippen molar-refractivity contribution in [3.05, 3.63) is 24.0 Å². The van der Waals surface area contributed by atoms with E-state index < -0.39 is 9.84 Å². The van der Waals surface area contributed by atoms with Crippen LogP contribution in [-0.2, 0) is 21.6 Å². The third-order valence-electron chi connectivity index (χ3n) is 3.27. The molecule has 2 N–H and O–H groups in total. The number of aromatic nitrogens is 2. The number of hydrogen-bond acceptors (Lipinski definition) is 5. The average Bonchev–Trinajstić information content (AvgIpc) is 2.72. The Kier molecular flexibility index (Phi) is 4.12. The van der Waals surface area contributed by atoms with E-state index in [0.29, 0.717) is 24.4 Å². The molecule has 7 heteroatoms. The maximum Gasteiger partial charge on any atom is 0.177 e. The molecule has 20 heavy (non-hydrogen) atoms. The van der Waals surface area contributed by atoms with Gasteiger partial charge in [0.05, 0.1) is 16.5 Å². The second-order valence-electron chi connectivity index (χ2n) is 4.81. The molecule has 110 valence electrons. The van der Waals surface area contributed by atoms with Gasteiger partial charge in [-0.15, -0.1) is 0 Å². The molecule has 0 saturated carbocycles. The maximum absolute atomic E-state index is 11.8. The fraction of sp³-hybridized carbons (Fsp3) is 0.462. The largest absolute Gasteiger partial charge is 0.385 e. The minimum atomic E-state index is -3.32. The quantitative estimate of drug-likeness (QED) is 0.890. The van der Waals surface area contributed by atoms with E-state index in [-0.39, 0.29) is 10.9 Å². The maximum atomic E-state index is 11.8. The lowest BCUT2D eigenvalue weighted by Gasteiger charge is -2.10. The van der Waals surface area contributed by atoms with Crippen LogP contribution >= 0.6 is 0 Å². The normalized spacial score (nSPS) is 13.8. The Labute approximate surface area is 118 Å². The zero-order valence-corrected chi connectivity index (χ0v) is 12.6. The van der Waals surface area contributed by atoms with Crippen molar-refractivity contribution in [3.8, 4) is 0 Å². The van der Waals surface area contributed by atoms with Gasteiger partial charge in [-0.1, -0.05) is 6.07 Å². The highest BCUT2D eigenvalue weighted by molar-refractivity contribution is 7.91. The topological polar surface area (TPSA) is 87.2 Å². The molecule has 1 aromatic heterocycles. The number of imidazole rings is 1. The summed E-state index contributed by atoms with van der Waals surface area (Å²) in [5, 5.41) is 0. The SMILES string of the molecule is COCCC(N)c1nc2c(S(C)(=O)=O)cccc2n1C. The fourth-order valence-corrected chi connectivity index (χ4v) is 3.04. The summed E-state index contributed by atoms with van der Waals surface area (Å²) >= 11 is 0. The van der Waals surface area contributed by atoms with Crippen LogP contribution in [-0.4, -0.2) is 37.9 Å². The van der Waals surface area contributed by atoms with Crippen molar-refractivity contribution < 1.29 is 13.2 Å². The second kappa shape index (κ2) is 5.51. The number of para-hydroxylation sites is 1. The summed E-state index contributed by atoms with van der Waals surface area (Å²) < 4.78 is 30.5. The molecule has 2 aromatic rings. The lowest BCUT2D eigenvalue weighted by molar-refractivity contribution is 0.187. The number of hydrogen-bond donors (Lipinski definition) is 1. The van der Waals surface area contributed by atoms with Crippen molar-refractivity contribution in [2.75, 3.05) is 20.0 Å². The van der Waals surface area contributed by atoms with Crippen molar-refractivity contribution >= 4 is 20.9 Å². The summed E-state index contributed by atoms with van der Waals surface area (Å²) in [6.07, 6.45) is 1.81. The van der Waals surface area contributed by atoms with E-state index >= 15 is 0 Å². The third-order valence-corrected chi connectivity index (χ3v) is 4.40. The molecule has 1 aromatic carbocycles. The predicted octanol–water partition coefficient (Wildman–Crippen LogP) is 1.01. The minimum absolute atomic E-state index is 0.232. The van der Waals surface area contributed by atoms with Gasteiger partial charge in [-0.25, -0.2) is 13.4 Å². The molecule has 0 aliphatic heterocycles. The molecule has 0 spiro atoms.